The monoisotopic (exact) mass is 367 g/mol. The van der Waals surface area contributed by atoms with Crippen molar-refractivity contribution in [2.45, 2.75) is 19.1 Å². The van der Waals surface area contributed by atoms with Crippen LogP contribution in [0, 0.1) is 11.3 Å². The summed E-state index contributed by atoms with van der Waals surface area (Å²) in [7, 11) is 1.53. The first kappa shape index (κ1) is 19.8. The van der Waals surface area contributed by atoms with Gasteiger partial charge < -0.3 is 20.1 Å². The Labute approximate surface area is 157 Å². The maximum atomic E-state index is 12.3. The zero-order valence-electron chi connectivity index (χ0n) is 15.0. The van der Waals surface area contributed by atoms with Crippen molar-refractivity contribution in [2.75, 3.05) is 13.7 Å². The van der Waals surface area contributed by atoms with E-state index in [1.807, 2.05) is 48.5 Å². The maximum Gasteiger partial charge on any atom is 0.408 e. The summed E-state index contributed by atoms with van der Waals surface area (Å²) in [4.78, 5) is 24.5. The number of benzene rings is 2. The minimum atomic E-state index is -0.905. The van der Waals surface area contributed by atoms with E-state index in [0.717, 1.165) is 11.1 Å². The Bertz CT molecular complexity index is 802. The van der Waals surface area contributed by atoms with Crippen molar-refractivity contribution in [1.82, 2.24) is 10.6 Å². The third kappa shape index (κ3) is 6.36. The normalized spacial score (nSPS) is 11.0. The molecule has 7 nitrogen and oxygen atoms in total. The number of amides is 2. The number of hydrogen-bond acceptors (Lipinski definition) is 5. The number of hydrogen-bond donors (Lipinski definition) is 2. The molecule has 140 valence electrons. The van der Waals surface area contributed by atoms with Crippen LogP contribution in [0.5, 0.6) is 5.75 Å². The minimum absolute atomic E-state index is 0.0911. The first-order valence-electron chi connectivity index (χ1n) is 8.37. The number of ether oxygens (including phenoxy) is 2. The Hall–Kier alpha value is -3.53. The summed E-state index contributed by atoms with van der Waals surface area (Å²) in [5.74, 6) is 0.133. The van der Waals surface area contributed by atoms with E-state index in [0.29, 0.717) is 5.75 Å². The summed E-state index contributed by atoms with van der Waals surface area (Å²) >= 11 is 0. The minimum Gasteiger partial charge on any atom is -0.496 e. The fourth-order valence-electron chi connectivity index (χ4n) is 2.46. The smallest absolute Gasteiger partial charge is 0.408 e. The summed E-state index contributed by atoms with van der Waals surface area (Å²) in [5.41, 5.74) is 1.59. The van der Waals surface area contributed by atoms with Crippen molar-refractivity contribution in [3.8, 4) is 11.8 Å². The largest absolute Gasteiger partial charge is 0.496 e. The van der Waals surface area contributed by atoms with Crippen LogP contribution in [0.15, 0.2) is 54.6 Å². The lowest BCUT2D eigenvalue weighted by atomic mass is 10.0. The Morgan fingerprint density at radius 1 is 1.11 bits per heavy atom. The van der Waals surface area contributed by atoms with Crippen LogP contribution in [0.3, 0.4) is 0 Å². The molecular weight excluding hydrogens is 346 g/mol. The van der Waals surface area contributed by atoms with Crippen molar-refractivity contribution in [3.63, 3.8) is 0 Å². The Morgan fingerprint density at radius 2 is 1.81 bits per heavy atom. The van der Waals surface area contributed by atoms with E-state index in [2.05, 4.69) is 10.6 Å². The number of carbonyl (C=O) groups is 2. The fraction of sp³-hybridized carbons (Fsp3) is 0.250. The van der Waals surface area contributed by atoms with E-state index in [9.17, 15) is 9.59 Å². The summed E-state index contributed by atoms with van der Waals surface area (Å²) in [5, 5.41) is 13.7. The highest BCUT2D eigenvalue weighted by molar-refractivity contribution is 5.86. The van der Waals surface area contributed by atoms with Crippen LogP contribution < -0.4 is 15.4 Å². The number of nitrogens with zero attached hydrogens (tertiary/aromatic N) is 1. The summed E-state index contributed by atoms with van der Waals surface area (Å²) in [6.45, 7) is -0.0597. The highest BCUT2D eigenvalue weighted by Gasteiger charge is 2.23. The van der Waals surface area contributed by atoms with Gasteiger partial charge in [-0.2, -0.15) is 5.26 Å². The van der Waals surface area contributed by atoms with Gasteiger partial charge in [-0.1, -0.05) is 48.5 Å². The Kier molecular flexibility index (Phi) is 7.67. The summed E-state index contributed by atoms with van der Waals surface area (Å²) < 4.78 is 10.5. The first-order chi connectivity index (χ1) is 13.1. The van der Waals surface area contributed by atoms with E-state index in [1.54, 1.807) is 12.1 Å². The Balaban J connectivity index is 2.04. The van der Waals surface area contributed by atoms with Crippen molar-refractivity contribution in [3.05, 3.63) is 65.7 Å². The van der Waals surface area contributed by atoms with Crippen LogP contribution in [0.2, 0.25) is 0 Å². The lowest BCUT2D eigenvalue weighted by Crippen LogP contribution is -2.48. The number of rotatable bonds is 8. The predicted molar refractivity (Wildman–Crippen MR) is 98.9 cm³/mol. The summed E-state index contributed by atoms with van der Waals surface area (Å²) in [6, 6.07) is 17.4. The second-order valence-electron chi connectivity index (χ2n) is 5.65. The highest BCUT2D eigenvalue weighted by Crippen LogP contribution is 2.19. The SMILES string of the molecule is COc1ccccc1C[C@H](NC(=O)OCc1ccccc1)C(=O)NCC#N. The van der Waals surface area contributed by atoms with Gasteiger partial charge in [-0.05, 0) is 17.2 Å². The zero-order valence-corrected chi connectivity index (χ0v) is 15.0. The Morgan fingerprint density at radius 3 is 2.52 bits per heavy atom. The van der Waals surface area contributed by atoms with Gasteiger partial charge in [0, 0.05) is 6.42 Å². The quantitative estimate of drug-likeness (QED) is 0.697. The molecule has 2 aromatic carbocycles. The molecule has 0 saturated heterocycles. The molecule has 7 heteroatoms. The molecule has 0 aliphatic rings. The van der Waals surface area contributed by atoms with E-state index in [-0.39, 0.29) is 19.6 Å². The lowest BCUT2D eigenvalue weighted by Gasteiger charge is -2.19. The van der Waals surface area contributed by atoms with Crippen LogP contribution in [-0.2, 0) is 22.6 Å². The number of carbonyl (C=O) groups excluding carboxylic acids is 2. The fourth-order valence-corrected chi connectivity index (χ4v) is 2.46. The van der Waals surface area contributed by atoms with Crippen molar-refractivity contribution in [2.24, 2.45) is 0 Å². The van der Waals surface area contributed by atoms with Crippen LogP contribution in [0.25, 0.3) is 0 Å². The number of alkyl carbamates (subject to hydrolysis) is 1. The molecule has 2 aromatic rings. The molecule has 2 rings (SSSR count). The van der Waals surface area contributed by atoms with Crippen molar-refractivity contribution in [1.29, 1.82) is 5.26 Å². The van der Waals surface area contributed by atoms with Gasteiger partial charge in [-0.15, -0.1) is 0 Å². The molecule has 0 spiro atoms. The number of methoxy groups -OCH3 is 1. The molecule has 0 aromatic heterocycles. The van der Waals surface area contributed by atoms with Gasteiger partial charge in [0.15, 0.2) is 0 Å². The average Bonchev–Trinajstić information content (AvgIpc) is 2.71. The molecule has 2 N–H and O–H groups in total. The van der Waals surface area contributed by atoms with Crippen molar-refractivity contribution < 1.29 is 19.1 Å². The van der Waals surface area contributed by atoms with Gasteiger partial charge in [-0.3, -0.25) is 4.79 Å². The maximum absolute atomic E-state index is 12.3. The molecule has 1 atom stereocenters. The van der Waals surface area contributed by atoms with Gasteiger partial charge in [0.25, 0.3) is 0 Å². The number of para-hydroxylation sites is 1. The molecule has 0 unspecified atom stereocenters. The van der Waals surface area contributed by atoms with E-state index in [4.69, 9.17) is 14.7 Å². The molecule has 27 heavy (non-hydrogen) atoms. The molecule has 0 aliphatic carbocycles. The van der Waals surface area contributed by atoms with Gasteiger partial charge in [0.2, 0.25) is 5.91 Å². The summed E-state index contributed by atoms with van der Waals surface area (Å²) in [6.07, 6.45) is -0.521. The molecule has 0 bridgehead atoms. The van der Waals surface area contributed by atoms with E-state index >= 15 is 0 Å². The van der Waals surface area contributed by atoms with Crippen LogP contribution in [-0.4, -0.2) is 31.7 Å². The van der Waals surface area contributed by atoms with Crippen LogP contribution >= 0.6 is 0 Å². The van der Waals surface area contributed by atoms with Gasteiger partial charge in [0.1, 0.15) is 24.9 Å². The van der Waals surface area contributed by atoms with Gasteiger partial charge in [0.05, 0.1) is 13.2 Å². The molecule has 0 saturated carbocycles. The van der Waals surface area contributed by atoms with Crippen LogP contribution in [0.1, 0.15) is 11.1 Å². The molecule has 0 fully saturated rings. The number of nitriles is 1. The third-order valence-electron chi connectivity index (χ3n) is 3.78. The van der Waals surface area contributed by atoms with E-state index < -0.39 is 18.0 Å². The van der Waals surface area contributed by atoms with Gasteiger partial charge >= 0.3 is 6.09 Å². The number of nitrogens with one attached hydrogen (secondary N) is 2. The first-order valence-corrected chi connectivity index (χ1v) is 8.37. The molecule has 2 amide bonds. The molecule has 0 radical (unpaired) electrons. The second kappa shape index (κ2) is 10.5. The molecule has 0 aliphatic heterocycles. The molecular formula is C20H21N3O4. The molecule has 0 heterocycles. The highest BCUT2D eigenvalue weighted by atomic mass is 16.5. The second-order valence-corrected chi connectivity index (χ2v) is 5.65. The lowest BCUT2D eigenvalue weighted by molar-refractivity contribution is -0.122. The predicted octanol–water partition coefficient (Wildman–Crippen LogP) is 2.17. The third-order valence-corrected chi connectivity index (χ3v) is 3.78. The van der Waals surface area contributed by atoms with E-state index in [1.165, 1.54) is 7.11 Å². The standard InChI is InChI=1S/C20H21N3O4/c1-26-18-10-6-5-9-16(18)13-17(19(24)22-12-11-21)23-20(25)27-14-15-7-3-2-4-8-15/h2-10,17H,12-14H2,1H3,(H,22,24)(H,23,25)/t17-/m0/s1. The topological polar surface area (TPSA) is 100 Å². The van der Waals surface area contributed by atoms with Crippen LogP contribution in [0.4, 0.5) is 4.79 Å². The zero-order chi connectivity index (χ0) is 19.5. The van der Waals surface area contributed by atoms with Crippen molar-refractivity contribution >= 4 is 12.0 Å². The average molecular weight is 367 g/mol. The van der Waals surface area contributed by atoms with Gasteiger partial charge in [-0.25, -0.2) is 4.79 Å².